The lowest BCUT2D eigenvalue weighted by Gasteiger charge is -2.26. The molecule has 1 N–H and O–H groups in total. The van der Waals surface area contributed by atoms with Gasteiger partial charge in [-0.25, -0.2) is 8.42 Å². The average molecular weight is 343 g/mol. The minimum absolute atomic E-state index is 0.0225. The third kappa shape index (κ3) is 6.20. The number of ether oxygens (including phenoxy) is 1. The average Bonchev–Trinajstić information content (AvgIpc) is 2.87. The maximum Gasteiger partial charge on any atom is 0.263 e. The standard InChI is InChI=1S/C15H25N3O4S/c1-4-12(2)17-15(19)13(9-16)10-18(6-7-22-3)14-5-8-23(20,21)11-14/h10,12,14H,4-8,11H2,1-3H3,(H,17,19)/b13-10-. The van der Waals surface area contributed by atoms with Gasteiger partial charge in [-0.3, -0.25) is 4.79 Å². The molecule has 0 aromatic rings. The summed E-state index contributed by atoms with van der Waals surface area (Å²) < 4.78 is 28.4. The SMILES string of the molecule is CCC(C)NC(=O)/C(C#N)=C\N(CCOC)C1CCS(=O)(=O)C1. The Labute approximate surface area is 138 Å². The summed E-state index contributed by atoms with van der Waals surface area (Å²) in [6.45, 7) is 4.62. The largest absolute Gasteiger partial charge is 0.383 e. The van der Waals surface area contributed by atoms with E-state index in [0.717, 1.165) is 6.42 Å². The van der Waals surface area contributed by atoms with Gasteiger partial charge in [0.15, 0.2) is 9.84 Å². The first-order chi connectivity index (χ1) is 10.8. The smallest absolute Gasteiger partial charge is 0.263 e. The van der Waals surface area contributed by atoms with E-state index in [0.29, 0.717) is 19.6 Å². The molecule has 2 atom stereocenters. The van der Waals surface area contributed by atoms with Crippen LogP contribution in [0.1, 0.15) is 26.7 Å². The Morgan fingerprint density at radius 2 is 2.26 bits per heavy atom. The summed E-state index contributed by atoms with van der Waals surface area (Å²) in [5, 5.41) is 12.0. The molecule has 1 aliphatic rings. The van der Waals surface area contributed by atoms with Crippen molar-refractivity contribution >= 4 is 15.7 Å². The summed E-state index contributed by atoms with van der Waals surface area (Å²) in [6, 6.07) is 1.64. The van der Waals surface area contributed by atoms with Crippen molar-refractivity contribution in [2.75, 3.05) is 31.8 Å². The molecule has 8 heteroatoms. The van der Waals surface area contributed by atoms with Crippen molar-refractivity contribution in [3.05, 3.63) is 11.8 Å². The number of nitriles is 1. The fourth-order valence-corrected chi connectivity index (χ4v) is 4.04. The fraction of sp³-hybridized carbons (Fsp3) is 0.733. The molecule has 0 bridgehead atoms. The van der Waals surface area contributed by atoms with Crippen molar-refractivity contribution in [1.82, 2.24) is 10.2 Å². The quantitative estimate of drug-likeness (QED) is 0.507. The highest BCUT2D eigenvalue weighted by Gasteiger charge is 2.31. The third-order valence-electron chi connectivity index (χ3n) is 3.88. The summed E-state index contributed by atoms with van der Waals surface area (Å²) in [5.41, 5.74) is -0.0225. The highest BCUT2D eigenvalue weighted by atomic mass is 32.2. The molecule has 23 heavy (non-hydrogen) atoms. The van der Waals surface area contributed by atoms with Crippen LogP contribution in [0.15, 0.2) is 11.8 Å². The Hall–Kier alpha value is -1.59. The van der Waals surface area contributed by atoms with E-state index in [1.165, 1.54) is 6.20 Å². The summed E-state index contributed by atoms with van der Waals surface area (Å²) in [7, 11) is -1.50. The van der Waals surface area contributed by atoms with Crippen LogP contribution in [0.25, 0.3) is 0 Å². The van der Waals surface area contributed by atoms with Crippen molar-refractivity contribution < 1.29 is 17.9 Å². The van der Waals surface area contributed by atoms with Crippen LogP contribution in [0.5, 0.6) is 0 Å². The molecule has 1 aliphatic heterocycles. The number of hydrogen-bond acceptors (Lipinski definition) is 6. The monoisotopic (exact) mass is 343 g/mol. The first kappa shape index (κ1) is 19.5. The zero-order chi connectivity index (χ0) is 17.5. The molecule has 1 heterocycles. The Balaban J connectivity index is 2.92. The van der Waals surface area contributed by atoms with Crippen LogP contribution in [0.3, 0.4) is 0 Å². The maximum absolute atomic E-state index is 12.1. The predicted molar refractivity (Wildman–Crippen MR) is 87.2 cm³/mol. The zero-order valence-electron chi connectivity index (χ0n) is 13.9. The minimum atomic E-state index is -3.05. The van der Waals surface area contributed by atoms with Gasteiger partial charge in [0.2, 0.25) is 0 Å². The number of rotatable bonds is 8. The number of nitrogens with one attached hydrogen (secondary N) is 1. The summed E-state index contributed by atoms with van der Waals surface area (Å²) in [6.07, 6.45) is 2.72. The lowest BCUT2D eigenvalue weighted by Crippen LogP contribution is -2.37. The van der Waals surface area contributed by atoms with Crippen molar-refractivity contribution in [2.24, 2.45) is 0 Å². The summed E-state index contributed by atoms with van der Waals surface area (Å²) in [4.78, 5) is 13.9. The van der Waals surface area contributed by atoms with Crippen LogP contribution in [0, 0.1) is 11.3 Å². The van der Waals surface area contributed by atoms with Crippen LogP contribution < -0.4 is 5.32 Å². The zero-order valence-corrected chi connectivity index (χ0v) is 14.7. The molecule has 0 aromatic carbocycles. The Bertz CT molecular complexity index is 580. The van der Waals surface area contributed by atoms with E-state index >= 15 is 0 Å². The van der Waals surface area contributed by atoms with Crippen LogP contribution in [0.2, 0.25) is 0 Å². The van der Waals surface area contributed by atoms with Gasteiger partial charge in [0.25, 0.3) is 5.91 Å². The second-order valence-corrected chi connectivity index (χ2v) is 7.95. The van der Waals surface area contributed by atoms with Crippen molar-refractivity contribution in [2.45, 2.75) is 38.8 Å². The summed E-state index contributed by atoms with van der Waals surface area (Å²) >= 11 is 0. The molecular formula is C15H25N3O4S. The summed E-state index contributed by atoms with van der Waals surface area (Å²) in [5.74, 6) is -0.264. The van der Waals surface area contributed by atoms with Gasteiger partial charge in [-0.2, -0.15) is 5.26 Å². The topological polar surface area (TPSA) is 99.5 Å². The van der Waals surface area contributed by atoms with Gasteiger partial charge in [0, 0.05) is 31.9 Å². The predicted octanol–water partition coefficient (Wildman–Crippen LogP) is 0.444. The molecule has 130 valence electrons. The van der Waals surface area contributed by atoms with E-state index in [9.17, 15) is 18.5 Å². The molecule has 0 spiro atoms. The second-order valence-electron chi connectivity index (χ2n) is 5.72. The Morgan fingerprint density at radius 1 is 1.57 bits per heavy atom. The highest BCUT2D eigenvalue weighted by molar-refractivity contribution is 7.91. The molecule has 0 aliphatic carbocycles. The van der Waals surface area contributed by atoms with E-state index in [1.807, 2.05) is 19.9 Å². The van der Waals surface area contributed by atoms with Crippen LogP contribution in [0.4, 0.5) is 0 Å². The van der Waals surface area contributed by atoms with E-state index in [-0.39, 0.29) is 29.2 Å². The highest BCUT2D eigenvalue weighted by Crippen LogP contribution is 2.19. The van der Waals surface area contributed by atoms with Gasteiger partial charge in [-0.15, -0.1) is 0 Å². The van der Waals surface area contributed by atoms with E-state index < -0.39 is 15.7 Å². The maximum atomic E-state index is 12.1. The number of methoxy groups -OCH3 is 1. The molecule has 0 radical (unpaired) electrons. The van der Waals surface area contributed by atoms with Crippen molar-refractivity contribution in [3.8, 4) is 6.07 Å². The number of amides is 1. The van der Waals surface area contributed by atoms with Gasteiger partial charge in [-0.05, 0) is 19.8 Å². The van der Waals surface area contributed by atoms with Crippen LogP contribution in [-0.4, -0.2) is 63.1 Å². The Kier molecular flexibility index (Phi) is 7.52. The van der Waals surface area contributed by atoms with Gasteiger partial charge in [0.05, 0.1) is 18.1 Å². The molecule has 1 amide bonds. The first-order valence-corrected chi connectivity index (χ1v) is 9.53. The van der Waals surface area contributed by atoms with Crippen molar-refractivity contribution in [3.63, 3.8) is 0 Å². The Morgan fingerprint density at radius 3 is 2.74 bits per heavy atom. The van der Waals surface area contributed by atoms with Crippen LogP contribution in [-0.2, 0) is 19.4 Å². The number of hydrogen-bond donors (Lipinski definition) is 1. The molecule has 1 fully saturated rings. The molecule has 1 rings (SSSR count). The number of nitrogens with zero attached hydrogens (tertiary/aromatic N) is 2. The lowest BCUT2D eigenvalue weighted by molar-refractivity contribution is -0.117. The molecular weight excluding hydrogens is 318 g/mol. The van der Waals surface area contributed by atoms with Gasteiger partial charge < -0.3 is 15.0 Å². The molecule has 1 saturated heterocycles. The van der Waals surface area contributed by atoms with Crippen LogP contribution >= 0.6 is 0 Å². The molecule has 7 nitrogen and oxygen atoms in total. The third-order valence-corrected chi connectivity index (χ3v) is 5.63. The first-order valence-electron chi connectivity index (χ1n) is 7.70. The van der Waals surface area contributed by atoms with Gasteiger partial charge >= 0.3 is 0 Å². The normalized spacial score (nSPS) is 21.5. The molecule has 0 aromatic heterocycles. The molecule has 0 saturated carbocycles. The van der Waals surface area contributed by atoms with Gasteiger partial charge in [0.1, 0.15) is 11.6 Å². The van der Waals surface area contributed by atoms with Crippen molar-refractivity contribution in [1.29, 1.82) is 5.26 Å². The van der Waals surface area contributed by atoms with E-state index in [4.69, 9.17) is 4.74 Å². The minimum Gasteiger partial charge on any atom is -0.383 e. The molecule has 2 unspecified atom stereocenters. The lowest BCUT2D eigenvalue weighted by atomic mass is 10.2. The fourth-order valence-electron chi connectivity index (χ4n) is 2.29. The number of carbonyl (C=O) groups is 1. The number of sulfone groups is 1. The van der Waals surface area contributed by atoms with E-state index in [1.54, 1.807) is 12.0 Å². The van der Waals surface area contributed by atoms with E-state index in [2.05, 4.69) is 5.32 Å². The number of carbonyl (C=O) groups excluding carboxylic acids is 1. The second kappa shape index (κ2) is 8.89. The van der Waals surface area contributed by atoms with Gasteiger partial charge in [-0.1, -0.05) is 6.92 Å².